The van der Waals surface area contributed by atoms with Gasteiger partial charge in [0.2, 0.25) is 0 Å². The highest BCUT2D eigenvalue weighted by Crippen LogP contribution is 2.25. The summed E-state index contributed by atoms with van der Waals surface area (Å²) in [6.07, 6.45) is 7.01. The summed E-state index contributed by atoms with van der Waals surface area (Å²) < 4.78 is 14.2. The van der Waals surface area contributed by atoms with Crippen LogP contribution in [0.25, 0.3) is 0 Å². The predicted octanol–water partition coefficient (Wildman–Crippen LogP) is 2.15. The predicted molar refractivity (Wildman–Crippen MR) is 77.3 cm³/mol. The van der Waals surface area contributed by atoms with Gasteiger partial charge in [0.15, 0.2) is 11.6 Å². The lowest BCUT2D eigenvalue weighted by Gasteiger charge is -2.33. The molecule has 2 heterocycles. The zero-order valence-corrected chi connectivity index (χ0v) is 12.1. The Morgan fingerprint density at radius 1 is 1.25 bits per heavy atom. The van der Waals surface area contributed by atoms with Gasteiger partial charge in [0.1, 0.15) is 6.33 Å². The second-order valence-corrected chi connectivity index (χ2v) is 5.92. The molecular formula is C15H23FN4. The van der Waals surface area contributed by atoms with E-state index in [0.717, 1.165) is 44.4 Å². The minimum absolute atomic E-state index is 0.232. The maximum atomic E-state index is 14.2. The van der Waals surface area contributed by atoms with Crippen molar-refractivity contribution in [1.82, 2.24) is 15.3 Å². The molecule has 1 aromatic heterocycles. The van der Waals surface area contributed by atoms with E-state index < -0.39 is 0 Å². The van der Waals surface area contributed by atoms with Crippen molar-refractivity contribution >= 4 is 5.82 Å². The number of aromatic nitrogens is 2. The van der Waals surface area contributed by atoms with Crippen molar-refractivity contribution in [1.29, 1.82) is 0 Å². The molecule has 0 spiro atoms. The molecule has 1 aromatic rings. The third-order valence-corrected chi connectivity index (χ3v) is 4.36. The van der Waals surface area contributed by atoms with Crippen LogP contribution in [0, 0.1) is 11.7 Å². The van der Waals surface area contributed by atoms with Crippen molar-refractivity contribution in [3.05, 3.63) is 17.8 Å². The van der Waals surface area contributed by atoms with Gasteiger partial charge in [0.25, 0.3) is 0 Å². The van der Waals surface area contributed by atoms with Gasteiger partial charge in [0, 0.05) is 19.1 Å². The number of anilines is 1. The molecule has 2 fully saturated rings. The molecule has 5 heteroatoms. The van der Waals surface area contributed by atoms with Crippen molar-refractivity contribution in [2.24, 2.45) is 5.92 Å². The van der Waals surface area contributed by atoms with Gasteiger partial charge < -0.3 is 10.2 Å². The van der Waals surface area contributed by atoms with Crippen LogP contribution in [0.4, 0.5) is 10.2 Å². The highest BCUT2D eigenvalue weighted by molar-refractivity contribution is 5.41. The summed E-state index contributed by atoms with van der Waals surface area (Å²) in [6, 6.07) is 0.777. The van der Waals surface area contributed by atoms with Gasteiger partial charge in [-0.1, -0.05) is 6.92 Å². The summed E-state index contributed by atoms with van der Waals surface area (Å²) in [4.78, 5) is 10.2. The minimum Gasteiger partial charge on any atom is -0.354 e. The van der Waals surface area contributed by atoms with E-state index in [1.807, 2.05) is 6.92 Å². The van der Waals surface area contributed by atoms with Gasteiger partial charge in [-0.05, 0) is 44.6 Å². The number of piperidine rings is 1. The Kier molecular flexibility index (Phi) is 4.15. The molecule has 0 bridgehead atoms. The second-order valence-electron chi connectivity index (χ2n) is 5.92. The van der Waals surface area contributed by atoms with Crippen molar-refractivity contribution in [2.45, 2.75) is 45.1 Å². The van der Waals surface area contributed by atoms with Crippen LogP contribution < -0.4 is 10.2 Å². The Morgan fingerprint density at radius 3 is 2.65 bits per heavy atom. The fourth-order valence-electron chi connectivity index (χ4n) is 2.83. The number of nitrogens with zero attached hydrogens (tertiary/aromatic N) is 3. The summed E-state index contributed by atoms with van der Waals surface area (Å²) in [5.41, 5.74) is 0.521. The Bertz CT molecular complexity index is 453. The molecule has 20 heavy (non-hydrogen) atoms. The van der Waals surface area contributed by atoms with Gasteiger partial charge in [0.05, 0.1) is 5.69 Å². The molecule has 0 atom stereocenters. The third-order valence-electron chi connectivity index (χ3n) is 4.36. The number of hydrogen-bond acceptors (Lipinski definition) is 4. The van der Waals surface area contributed by atoms with Crippen molar-refractivity contribution < 1.29 is 4.39 Å². The number of rotatable bonds is 5. The Labute approximate surface area is 119 Å². The lowest BCUT2D eigenvalue weighted by molar-refractivity contribution is 0.378. The van der Waals surface area contributed by atoms with Gasteiger partial charge in [-0.25, -0.2) is 14.4 Å². The molecule has 0 unspecified atom stereocenters. The average molecular weight is 278 g/mol. The van der Waals surface area contributed by atoms with Crippen LogP contribution in [0.2, 0.25) is 0 Å². The second kappa shape index (κ2) is 6.04. The molecular weight excluding hydrogens is 255 g/mol. The highest BCUT2D eigenvalue weighted by atomic mass is 19.1. The number of halogens is 1. The first-order chi connectivity index (χ1) is 9.78. The largest absolute Gasteiger partial charge is 0.354 e. The monoisotopic (exact) mass is 278 g/mol. The smallest absolute Gasteiger partial charge is 0.187 e. The summed E-state index contributed by atoms with van der Waals surface area (Å²) in [7, 11) is 0. The zero-order valence-electron chi connectivity index (χ0n) is 12.1. The molecule has 0 amide bonds. The Hall–Kier alpha value is -1.23. The first-order valence-electron chi connectivity index (χ1n) is 7.75. The maximum Gasteiger partial charge on any atom is 0.187 e. The number of aryl methyl sites for hydroxylation is 1. The van der Waals surface area contributed by atoms with Crippen molar-refractivity contribution in [3.63, 3.8) is 0 Å². The summed E-state index contributed by atoms with van der Waals surface area (Å²) >= 11 is 0. The van der Waals surface area contributed by atoms with Crippen LogP contribution in [0.3, 0.4) is 0 Å². The van der Waals surface area contributed by atoms with Gasteiger partial charge in [-0.15, -0.1) is 0 Å². The molecule has 1 N–H and O–H groups in total. The van der Waals surface area contributed by atoms with E-state index in [-0.39, 0.29) is 5.82 Å². The summed E-state index contributed by atoms with van der Waals surface area (Å²) in [5, 5.41) is 3.59. The van der Waals surface area contributed by atoms with Crippen LogP contribution in [0.5, 0.6) is 0 Å². The normalized spacial score (nSPS) is 20.4. The summed E-state index contributed by atoms with van der Waals surface area (Å²) in [6.45, 7) is 4.83. The third kappa shape index (κ3) is 3.08. The lowest BCUT2D eigenvalue weighted by atomic mass is 9.96. The molecule has 2 aliphatic rings. The fourth-order valence-corrected chi connectivity index (χ4v) is 2.83. The fraction of sp³-hybridized carbons (Fsp3) is 0.733. The van der Waals surface area contributed by atoms with E-state index in [1.165, 1.54) is 19.2 Å². The van der Waals surface area contributed by atoms with Crippen LogP contribution >= 0.6 is 0 Å². The highest BCUT2D eigenvalue weighted by Gasteiger charge is 2.26. The molecule has 1 saturated heterocycles. The molecule has 3 rings (SSSR count). The molecule has 0 aromatic carbocycles. The Balaban J connectivity index is 1.57. The van der Waals surface area contributed by atoms with E-state index in [1.54, 1.807) is 0 Å². The van der Waals surface area contributed by atoms with E-state index in [0.29, 0.717) is 17.9 Å². The zero-order chi connectivity index (χ0) is 13.9. The molecule has 0 radical (unpaired) electrons. The molecule has 4 nitrogen and oxygen atoms in total. The molecule has 110 valence electrons. The van der Waals surface area contributed by atoms with E-state index >= 15 is 0 Å². The SMILES string of the molecule is CCc1ncnc(N2CCC(CNC3CC3)CC2)c1F. The van der Waals surface area contributed by atoms with E-state index in [9.17, 15) is 4.39 Å². The van der Waals surface area contributed by atoms with Gasteiger partial charge in [-0.3, -0.25) is 0 Å². The lowest BCUT2D eigenvalue weighted by Crippen LogP contribution is -2.38. The van der Waals surface area contributed by atoms with Gasteiger partial charge in [-0.2, -0.15) is 0 Å². The topological polar surface area (TPSA) is 41.1 Å². The van der Waals surface area contributed by atoms with E-state index in [2.05, 4.69) is 20.2 Å². The first kappa shape index (κ1) is 13.7. The van der Waals surface area contributed by atoms with Crippen LogP contribution in [0.1, 0.15) is 38.3 Å². The quantitative estimate of drug-likeness (QED) is 0.896. The van der Waals surface area contributed by atoms with Crippen LogP contribution in [-0.4, -0.2) is 35.6 Å². The maximum absolute atomic E-state index is 14.2. The number of hydrogen-bond donors (Lipinski definition) is 1. The number of nitrogens with one attached hydrogen (secondary N) is 1. The van der Waals surface area contributed by atoms with Crippen LogP contribution in [0.15, 0.2) is 6.33 Å². The molecule has 1 saturated carbocycles. The standard InChI is InChI=1S/C15H23FN4/c1-2-13-14(16)15(19-10-18-13)20-7-5-11(6-8-20)9-17-12-3-4-12/h10-12,17H,2-9H2,1H3. The van der Waals surface area contributed by atoms with E-state index in [4.69, 9.17) is 0 Å². The molecule has 1 aliphatic carbocycles. The van der Waals surface area contributed by atoms with Crippen molar-refractivity contribution in [2.75, 3.05) is 24.5 Å². The summed E-state index contributed by atoms with van der Waals surface area (Å²) in [5.74, 6) is 0.984. The van der Waals surface area contributed by atoms with Crippen LogP contribution in [-0.2, 0) is 6.42 Å². The van der Waals surface area contributed by atoms with Crippen molar-refractivity contribution in [3.8, 4) is 0 Å². The Morgan fingerprint density at radius 2 is 2.00 bits per heavy atom. The minimum atomic E-state index is -0.232. The first-order valence-corrected chi connectivity index (χ1v) is 7.75. The van der Waals surface area contributed by atoms with Gasteiger partial charge >= 0.3 is 0 Å². The molecule has 1 aliphatic heterocycles. The average Bonchev–Trinajstić information content (AvgIpc) is 3.30.